The van der Waals surface area contributed by atoms with Crippen LogP contribution in [0, 0.1) is 11.6 Å². The van der Waals surface area contributed by atoms with Crippen molar-refractivity contribution in [3.05, 3.63) is 53.2 Å². The van der Waals surface area contributed by atoms with E-state index in [-0.39, 0.29) is 5.95 Å². The van der Waals surface area contributed by atoms with Crippen molar-refractivity contribution < 1.29 is 8.78 Å². The van der Waals surface area contributed by atoms with Crippen molar-refractivity contribution in [2.75, 3.05) is 29.5 Å². The summed E-state index contributed by atoms with van der Waals surface area (Å²) in [6.45, 7) is 3.74. The van der Waals surface area contributed by atoms with E-state index in [9.17, 15) is 8.78 Å². The average Bonchev–Trinajstić information content (AvgIpc) is 3.16. The smallest absolute Gasteiger partial charge is 0.223 e. The summed E-state index contributed by atoms with van der Waals surface area (Å²) in [6.07, 6.45) is 2.13. The first-order chi connectivity index (χ1) is 14.5. The second kappa shape index (κ2) is 8.62. The van der Waals surface area contributed by atoms with Gasteiger partial charge in [0.2, 0.25) is 5.95 Å². The molecular formula is C20H24F2N8. The van der Waals surface area contributed by atoms with Crippen molar-refractivity contribution in [1.82, 2.24) is 25.5 Å². The summed E-state index contributed by atoms with van der Waals surface area (Å²) in [5.41, 5.74) is 7.24. The number of halogens is 2. The molecule has 3 heterocycles. The summed E-state index contributed by atoms with van der Waals surface area (Å²) in [7, 11) is 0. The Bertz CT molecular complexity index is 1020. The number of H-pyrrole nitrogens is 1. The van der Waals surface area contributed by atoms with Crippen molar-refractivity contribution in [2.45, 2.75) is 31.7 Å². The van der Waals surface area contributed by atoms with Crippen molar-refractivity contribution in [2.24, 2.45) is 0 Å². The Hall–Kier alpha value is -3.27. The van der Waals surface area contributed by atoms with Gasteiger partial charge in [-0.15, -0.1) is 0 Å². The minimum Gasteiger partial charge on any atom is -0.368 e. The number of hydrogen-bond acceptors (Lipinski definition) is 7. The standard InChI is InChI=1S/C20H24F2N8/c1-11(14-3-2-13(21)8-15(14)22)25-17-10-18(28-20(23)27-17)26-19-9-16(29-30-19)12-4-6-24-7-5-12/h2-3,8-12,24H,4-7H2,1H3,(H5,23,25,26,27,28,29,30). The SMILES string of the molecule is CC(Nc1cc(Nc2cc(C3CCNCC3)[nH]n2)nc(N)n1)c1ccc(F)cc1F. The minimum absolute atomic E-state index is 0.0587. The number of piperidine rings is 1. The second-order valence-electron chi connectivity index (χ2n) is 7.39. The van der Waals surface area contributed by atoms with Crippen molar-refractivity contribution in [3.8, 4) is 0 Å². The number of aromatic amines is 1. The van der Waals surface area contributed by atoms with E-state index in [1.807, 2.05) is 6.07 Å². The van der Waals surface area contributed by atoms with E-state index in [0.29, 0.717) is 28.9 Å². The van der Waals surface area contributed by atoms with Gasteiger partial charge in [0.15, 0.2) is 5.82 Å². The fourth-order valence-electron chi connectivity index (χ4n) is 3.63. The number of benzene rings is 1. The van der Waals surface area contributed by atoms with E-state index in [0.717, 1.165) is 37.7 Å². The van der Waals surface area contributed by atoms with Gasteiger partial charge in [-0.1, -0.05) is 6.07 Å². The highest BCUT2D eigenvalue weighted by molar-refractivity contribution is 5.58. The number of hydrogen-bond donors (Lipinski definition) is 5. The van der Waals surface area contributed by atoms with Crippen LogP contribution in [-0.2, 0) is 0 Å². The summed E-state index contributed by atoms with van der Waals surface area (Å²) < 4.78 is 27.2. The summed E-state index contributed by atoms with van der Waals surface area (Å²) in [6, 6.07) is 6.65. The van der Waals surface area contributed by atoms with Crippen LogP contribution in [0.15, 0.2) is 30.3 Å². The van der Waals surface area contributed by atoms with Gasteiger partial charge in [-0.3, -0.25) is 5.10 Å². The number of aromatic nitrogens is 4. The molecule has 1 aliphatic heterocycles. The lowest BCUT2D eigenvalue weighted by Gasteiger charge is -2.20. The molecule has 30 heavy (non-hydrogen) atoms. The zero-order valence-electron chi connectivity index (χ0n) is 16.5. The monoisotopic (exact) mass is 414 g/mol. The van der Waals surface area contributed by atoms with E-state index >= 15 is 0 Å². The predicted molar refractivity (Wildman–Crippen MR) is 112 cm³/mol. The van der Waals surface area contributed by atoms with Crippen LogP contribution in [0.4, 0.5) is 32.2 Å². The zero-order valence-corrected chi connectivity index (χ0v) is 16.5. The Morgan fingerprint density at radius 2 is 1.83 bits per heavy atom. The van der Waals surface area contributed by atoms with Gasteiger partial charge in [-0.25, -0.2) is 8.78 Å². The highest BCUT2D eigenvalue weighted by Gasteiger charge is 2.18. The van der Waals surface area contributed by atoms with Crippen LogP contribution < -0.4 is 21.7 Å². The number of nitrogens with zero attached hydrogens (tertiary/aromatic N) is 3. The maximum absolute atomic E-state index is 14.0. The third-order valence-corrected chi connectivity index (χ3v) is 5.17. The quantitative estimate of drug-likeness (QED) is 0.419. The van der Waals surface area contributed by atoms with Gasteiger partial charge in [0, 0.05) is 35.4 Å². The Morgan fingerprint density at radius 3 is 2.60 bits per heavy atom. The molecule has 0 spiro atoms. The van der Waals surface area contributed by atoms with Crippen LogP contribution in [0.2, 0.25) is 0 Å². The topological polar surface area (TPSA) is 117 Å². The molecule has 1 aliphatic rings. The molecular weight excluding hydrogens is 390 g/mol. The lowest BCUT2D eigenvalue weighted by molar-refractivity contribution is 0.453. The fraction of sp³-hybridized carbons (Fsp3) is 0.350. The van der Waals surface area contributed by atoms with Crippen molar-refractivity contribution >= 4 is 23.4 Å². The molecule has 8 nitrogen and oxygen atoms in total. The second-order valence-corrected chi connectivity index (χ2v) is 7.39. The summed E-state index contributed by atoms with van der Waals surface area (Å²) >= 11 is 0. The Morgan fingerprint density at radius 1 is 1.07 bits per heavy atom. The molecule has 1 unspecified atom stereocenters. The molecule has 3 aromatic rings. The van der Waals surface area contributed by atoms with Gasteiger partial charge in [-0.05, 0) is 38.9 Å². The number of rotatable bonds is 6. The molecule has 2 aromatic heterocycles. The molecule has 1 aromatic carbocycles. The van der Waals surface area contributed by atoms with E-state index < -0.39 is 17.7 Å². The molecule has 4 rings (SSSR count). The van der Waals surface area contributed by atoms with Gasteiger partial charge >= 0.3 is 0 Å². The molecule has 1 atom stereocenters. The molecule has 1 saturated heterocycles. The number of nitrogen functional groups attached to an aromatic ring is 1. The Labute approximate surface area is 172 Å². The van der Waals surface area contributed by atoms with E-state index in [2.05, 4.69) is 36.1 Å². The first-order valence-corrected chi connectivity index (χ1v) is 9.87. The van der Waals surface area contributed by atoms with Crippen LogP contribution in [0.1, 0.15) is 43.0 Å². The molecule has 0 saturated carbocycles. The first-order valence-electron chi connectivity index (χ1n) is 9.87. The number of nitrogens with one attached hydrogen (secondary N) is 4. The predicted octanol–water partition coefficient (Wildman–Crippen LogP) is 3.44. The van der Waals surface area contributed by atoms with E-state index in [1.165, 1.54) is 12.1 Å². The summed E-state index contributed by atoms with van der Waals surface area (Å²) in [5.74, 6) is 0.763. The molecule has 158 valence electrons. The summed E-state index contributed by atoms with van der Waals surface area (Å²) in [5, 5.41) is 16.9. The molecule has 0 radical (unpaired) electrons. The fourth-order valence-corrected chi connectivity index (χ4v) is 3.63. The highest BCUT2D eigenvalue weighted by atomic mass is 19.1. The van der Waals surface area contributed by atoms with Crippen molar-refractivity contribution in [1.29, 1.82) is 0 Å². The maximum Gasteiger partial charge on any atom is 0.223 e. The molecule has 0 aliphatic carbocycles. The summed E-state index contributed by atoms with van der Waals surface area (Å²) in [4.78, 5) is 8.34. The largest absolute Gasteiger partial charge is 0.368 e. The van der Waals surface area contributed by atoms with Crippen LogP contribution >= 0.6 is 0 Å². The molecule has 0 amide bonds. The molecule has 1 fully saturated rings. The minimum atomic E-state index is -0.627. The lowest BCUT2D eigenvalue weighted by atomic mass is 9.95. The molecule has 6 N–H and O–H groups in total. The van der Waals surface area contributed by atoms with Crippen LogP contribution in [0.25, 0.3) is 0 Å². The van der Waals surface area contributed by atoms with Crippen LogP contribution in [0.3, 0.4) is 0 Å². The maximum atomic E-state index is 14.0. The Balaban J connectivity index is 1.47. The third kappa shape index (κ3) is 4.65. The van der Waals surface area contributed by atoms with Gasteiger partial charge in [0.25, 0.3) is 0 Å². The molecule has 0 bridgehead atoms. The van der Waals surface area contributed by atoms with Gasteiger partial charge in [0.05, 0.1) is 6.04 Å². The number of anilines is 4. The van der Waals surface area contributed by atoms with Crippen LogP contribution in [-0.4, -0.2) is 33.3 Å². The van der Waals surface area contributed by atoms with E-state index in [1.54, 1.807) is 13.0 Å². The zero-order chi connectivity index (χ0) is 21.1. The Kier molecular flexibility index (Phi) is 5.75. The lowest BCUT2D eigenvalue weighted by Crippen LogP contribution is -2.26. The van der Waals surface area contributed by atoms with Crippen LogP contribution in [0.5, 0.6) is 0 Å². The van der Waals surface area contributed by atoms with Gasteiger partial charge in [-0.2, -0.15) is 15.1 Å². The third-order valence-electron chi connectivity index (χ3n) is 5.17. The normalized spacial score (nSPS) is 15.7. The van der Waals surface area contributed by atoms with Gasteiger partial charge in [0.1, 0.15) is 23.3 Å². The highest BCUT2D eigenvalue weighted by Crippen LogP contribution is 2.27. The van der Waals surface area contributed by atoms with Gasteiger partial charge < -0.3 is 21.7 Å². The number of nitrogens with two attached hydrogens (primary N) is 1. The molecule has 10 heteroatoms. The van der Waals surface area contributed by atoms with Crippen molar-refractivity contribution in [3.63, 3.8) is 0 Å². The first kappa shape index (κ1) is 20.0. The average molecular weight is 414 g/mol. The van der Waals surface area contributed by atoms with E-state index in [4.69, 9.17) is 5.73 Å².